The van der Waals surface area contributed by atoms with Gasteiger partial charge in [-0.2, -0.15) is 0 Å². The van der Waals surface area contributed by atoms with Crippen LogP contribution in [0.5, 0.6) is 5.75 Å². The van der Waals surface area contributed by atoms with Crippen molar-refractivity contribution in [1.82, 2.24) is 0 Å². The highest BCUT2D eigenvalue weighted by molar-refractivity contribution is 5.43. The second kappa shape index (κ2) is 7.45. The Bertz CT molecular complexity index is 758. The fourth-order valence-electron chi connectivity index (χ4n) is 2.30. The van der Waals surface area contributed by atoms with Crippen molar-refractivity contribution >= 4 is 5.69 Å². The molecule has 3 heteroatoms. The van der Waals surface area contributed by atoms with E-state index in [-0.39, 0.29) is 5.82 Å². The van der Waals surface area contributed by atoms with Gasteiger partial charge in [0.25, 0.3) is 0 Å². The summed E-state index contributed by atoms with van der Waals surface area (Å²) in [5.74, 6) is 0.536. The standard InChI is InChI=1S/C20H18FNO/c21-18-8-4-7-17(12-18)15-23-20-11-5-6-16(13-20)14-22-19-9-2-1-3-10-19/h1-13,22H,14-15H2. The Kier molecular flexibility index (Phi) is 4.89. The fourth-order valence-corrected chi connectivity index (χ4v) is 2.30. The largest absolute Gasteiger partial charge is 0.489 e. The maximum absolute atomic E-state index is 13.2. The monoisotopic (exact) mass is 307 g/mol. The predicted molar refractivity (Wildman–Crippen MR) is 90.9 cm³/mol. The number of hydrogen-bond acceptors (Lipinski definition) is 2. The van der Waals surface area contributed by atoms with Gasteiger partial charge in [0, 0.05) is 12.2 Å². The molecule has 0 atom stereocenters. The molecule has 0 fully saturated rings. The lowest BCUT2D eigenvalue weighted by atomic mass is 10.2. The van der Waals surface area contributed by atoms with Crippen molar-refractivity contribution in [1.29, 1.82) is 0 Å². The summed E-state index contributed by atoms with van der Waals surface area (Å²) < 4.78 is 18.9. The van der Waals surface area contributed by atoms with E-state index in [0.717, 1.165) is 29.1 Å². The zero-order valence-corrected chi connectivity index (χ0v) is 12.7. The molecule has 2 nitrogen and oxygen atoms in total. The van der Waals surface area contributed by atoms with Crippen LogP contribution >= 0.6 is 0 Å². The van der Waals surface area contributed by atoms with Crippen LogP contribution in [0.3, 0.4) is 0 Å². The van der Waals surface area contributed by atoms with E-state index in [2.05, 4.69) is 5.32 Å². The third-order valence-corrected chi connectivity index (χ3v) is 3.46. The minimum absolute atomic E-state index is 0.244. The molecular formula is C20H18FNO. The van der Waals surface area contributed by atoms with Crippen LogP contribution in [0, 0.1) is 5.82 Å². The summed E-state index contributed by atoms with van der Waals surface area (Å²) in [4.78, 5) is 0. The molecule has 0 bridgehead atoms. The smallest absolute Gasteiger partial charge is 0.123 e. The number of hydrogen-bond donors (Lipinski definition) is 1. The summed E-state index contributed by atoms with van der Waals surface area (Å²) in [7, 11) is 0. The zero-order chi connectivity index (χ0) is 15.9. The SMILES string of the molecule is Fc1cccc(COc2cccc(CNc3ccccc3)c2)c1. The molecular weight excluding hydrogens is 289 g/mol. The van der Waals surface area contributed by atoms with Crippen LogP contribution in [0.25, 0.3) is 0 Å². The van der Waals surface area contributed by atoms with E-state index in [0.29, 0.717) is 6.61 Å². The predicted octanol–water partition coefficient (Wildman–Crippen LogP) is 5.02. The van der Waals surface area contributed by atoms with Crippen molar-refractivity contribution in [2.24, 2.45) is 0 Å². The Morgan fingerprint density at radius 3 is 2.39 bits per heavy atom. The van der Waals surface area contributed by atoms with Gasteiger partial charge in [-0.3, -0.25) is 0 Å². The van der Waals surface area contributed by atoms with E-state index in [9.17, 15) is 4.39 Å². The van der Waals surface area contributed by atoms with Crippen LogP contribution < -0.4 is 10.1 Å². The van der Waals surface area contributed by atoms with Crippen molar-refractivity contribution in [3.8, 4) is 5.75 Å². The van der Waals surface area contributed by atoms with Gasteiger partial charge in [0.1, 0.15) is 18.2 Å². The number of rotatable bonds is 6. The van der Waals surface area contributed by atoms with Gasteiger partial charge in [-0.15, -0.1) is 0 Å². The summed E-state index contributed by atoms with van der Waals surface area (Å²) in [6, 6.07) is 24.4. The number of ether oxygens (including phenoxy) is 1. The molecule has 0 aliphatic rings. The second-order valence-electron chi connectivity index (χ2n) is 5.29. The van der Waals surface area contributed by atoms with Crippen LogP contribution in [0.2, 0.25) is 0 Å². The molecule has 116 valence electrons. The molecule has 0 radical (unpaired) electrons. The van der Waals surface area contributed by atoms with Crippen molar-refractivity contribution in [3.63, 3.8) is 0 Å². The Balaban J connectivity index is 1.59. The molecule has 0 amide bonds. The summed E-state index contributed by atoms with van der Waals surface area (Å²) in [6.45, 7) is 1.08. The molecule has 0 saturated carbocycles. The van der Waals surface area contributed by atoms with Crippen LogP contribution in [0.4, 0.5) is 10.1 Å². The lowest BCUT2D eigenvalue weighted by Gasteiger charge is -2.10. The van der Waals surface area contributed by atoms with Crippen LogP contribution in [0.1, 0.15) is 11.1 Å². The first kappa shape index (κ1) is 15.1. The van der Waals surface area contributed by atoms with Gasteiger partial charge in [-0.05, 0) is 47.5 Å². The summed E-state index contributed by atoms with van der Waals surface area (Å²) >= 11 is 0. The quantitative estimate of drug-likeness (QED) is 0.690. The Hall–Kier alpha value is -2.81. The number of para-hydroxylation sites is 1. The van der Waals surface area contributed by atoms with Gasteiger partial charge in [-0.1, -0.05) is 42.5 Å². The molecule has 3 rings (SSSR count). The van der Waals surface area contributed by atoms with Crippen LogP contribution in [-0.4, -0.2) is 0 Å². The minimum atomic E-state index is -0.244. The number of nitrogens with one attached hydrogen (secondary N) is 1. The van der Waals surface area contributed by atoms with E-state index < -0.39 is 0 Å². The van der Waals surface area contributed by atoms with Crippen LogP contribution in [0.15, 0.2) is 78.9 Å². The maximum atomic E-state index is 13.2. The third kappa shape index (κ3) is 4.58. The molecule has 23 heavy (non-hydrogen) atoms. The first-order valence-electron chi connectivity index (χ1n) is 7.55. The summed E-state index contributed by atoms with van der Waals surface area (Å²) in [6.07, 6.45) is 0. The van der Waals surface area contributed by atoms with Gasteiger partial charge in [0.2, 0.25) is 0 Å². The Labute approximate surface area is 135 Å². The molecule has 0 saturated heterocycles. The first-order chi connectivity index (χ1) is 11.3. The van der Waals surface area contributed by atoms with Gasteiger partial charge >= 0.3 is 0 Å². The first-order valence-corrected chi connectivity index (χ1v) is 7.55. The molecule has 0 spiro atoms. The average molecular weight is 307 g/mol. The number of anilines is 1. The molecule has 0 unspecified atom stereocenters. The van der Waals surface area contributed by atoms with Gasteiger partial charge < -0.3 is 10.1 Å². The highest BCUT2D eigenvalue weighted by atomic mass is 19.1. The lowest BCUT2D eigenvalue weighted by Crippen LogP contribution is -2.00. The Morgan fingerprint density at radius 1 is 0.783 bits per heavy atom. The topological polar surface area (TPSA) is 21.3 Å². The van der Waals surface area contributed by atoms with Crippen molar-refractivity contribution in [3.05, 3.63) is 95.8 Å². The molecule has 0 heterocycles. The lowest BCUT2D eigenvalue weighted by molar-refractivity contribution is 0.305. The average Bonchev–Trinajstić information content (AvgIpc) is 2.60. The normalized spacial score (nSPS) is 10.3. The molecule has 0 aromatic heterocycles. The van der Waals surface area contributed by atoms with E-state index in [4.69, 9.17) is 4.74 Å². The molecule has 3 aromatic rings. The summed E-state index contributed by atoms with van der Waals surface area (Å²) in [5.41, 5.74) is 3.03. The van der Waals surface area contributed by atoms with E-state index in [1.165, 1.54) is 12.1 Å². The van der Waals surface area contributed by atoms with Crippen molar-refractivity contribution < 1.29 is 9.13 Å². The zero-order valence-electron chi connectivity index (χ0n) is 12.7. The van der Waals surface area contributed by atoms with E-state index in [1.807, 2.05) is 60.7 Å². The highest BCUT2D eigenvalue weighted by Gasteiger charge is 2.00. The Morgan fingerprint density at radius 2 is 1.57 bits per heavy atom. The van der Waals surface area contributed by atoms with Gasteiger partial charge in [0.15, 0.2) is 0 Å². The maximum Gasteiger partial charge on any atom is 0.123 e. The fraction of sp³-hybridized carbons (Fsp3) is 0.100. The number of benzene rings is 3. The third-order valence-electron chi connectivity index (χ3n) is 3.46. The van der Waals surface area contributed by atoms with E-state index in [1.54, 1.807) is 6.07 Å². The van der Waals surface area contributed by atoms with Crippen molar-refractivity contribution in [2.45, 2.75) is 13.2 Å². The molecule has 3 aromatic carbocycles. The second-order valence-corrected chi connectivity index (χ2v) is 5.29. The van der Waals surface area contributed by atoms with Gasteiger partial charge in [-0.25, -0.2) is 4.39 Å². The van der Waals surface area contributed by atoms with E-state index >= 15 is 0 Å². The molecule has 0 aliphatic heterocycles. The molecule has 1 N–H and O–H groups in total. The number of halogens is 1. The summed E-state index contributed by atoms with van der Waals surface area (Å²) in [5, 5.41) is 3.36. The molecule has 0 aliphatic carbocycles. The highest BCUT2D eigenvalue weighted by Crippen LogP contribution is 2.17. The van der Waals surface area contributed by atoms with Crippen molar-refractivity contribution in [2.75, 3.05) is 5.32 Å². The minimum Gasteiger partial charge on any atom is -0.489 e. The van der Waals surface area contributed by atoms with Crippen LogP contribution in [-0.2, 0) is 13.2 Å². The van der Waals surface area contributed by atoms with Gasteiger partial charge in [0.05, 0.1) is 0 Å².